The predicted molar refractivity (Wildman–Crippen MR) is 95.8 cm³/mol. The van der Waals surface area contributed by atoms with Crippen molar-refractivity contribution < 1.29 is 9.32 Å². The Bertz CT molecular complexity index is 952. The highest BCUT2D eigenvalue weighted by Gasteiger charge is 2.29. The number of pyridine rings is 1. The summed E-state index contributed by atoms with van der Waals surface area (Å²) in [6.07, 6.45) is 4.39. The number of fused-ring (bicyclic) bond motifs is 1. The quantitative estimate of drug-likeness (QED) is 0.721. The van der Waals surface area contributed by atoms with E-state index in [2.05, 4.69) is 20.1 Å². The van der Waals surface area contributed by atoms with Gasteiger partial charge in [-0.05, 0) is 31.9 Å². The number of rotatable bonds is 3. The third kappa shape index (κ3) is 3.05. The van der Waals surface area contributed by atoms with Crippen LogP contribution in [0.3, 0.4) is 0 Å². The van der Waals surface area contributed by atoms with E-state index in [0.29, 0.717) is 23.7 Å². The van der Waals surface area contributed by atoms with Crippen molar-refractivity contribution in [3.8, 4) is 0 Å². The number of hydrogen-bond acceptors (Lipinski definition) is 6. The van der Waals surface area contributed by atoms with E-state index in [1.54, 1.807) is 12.3 Å². The molecule has 1 unspecified atom stereocenters. The summed E-state index contributed by atoms with van der Waals surface area (Å²) >= 11 is 0. The lowest BCUT2D eigenvalue weighted by atomic mass is 9.92. The Morgan fingerprint density at radius 1 is 1.38 bits per heavy atom. The molecule has 0 aromatic carbocycles. The second-order valence-corrected chi connectivity index (χ2v) is 6.65. The van der Waals surface area contributed by atoms with Gasteiger partial charge in [0.25, 0.3) is 5.91 Å². The molecule has 0 saturated carbocycles. The highest BCUT2D eigenvalue weighted by molar-refractivity contribution is 5.92. The standard InChI is InChI=1S/C19H21N5O2/c1-3-14-10-16(23-26-14)19(25)24-9-5-6-13(11-24)17-15-7-4-8-20-18(15)22-12(2)21-17/h4,7-8,10,13H,3,5-6,9,11H2,1-2H3. The Morgan fingerprint density at radius 3 is 3.08 bits per heavy atom. The zero-order valence-corrected chi connectivity index (χ0v) is 15.0. The molecule has 3 aromatic heterocycles. The second kappa shape index (κ2) is 6.82. The van der Waals surface area contributed by atoms with Gasteiger partial charge in [-0.1, -0.05) is 12.1 Å². The summed E-state index contributed by atoms with van der Waals surface area (Å²) in [5, 5.41) is 4.89. The lowest BCUT2D eigenvalue weighted by Crippen LogP contribution is -2.39. The zero-order chi connectivity index (χ0) is 18.1. The molecule has 0 spiro atoms. The minimum atomic E-state index is -0.0774. The number of nitrogens with zero attached hydrogens (tertiary/aromatic N) is 5. The Kier molecular flexibility index (Phi) is 4.36. The van der Waals surface area contributed by atoms with Gasteiger partial charge >= 0.3 is 0 Å². The van der Waals surface area contributed by atoms with Crippen LogP contribution in [-0.4, -0.2) is 44.0 Å². The van der Waals surface area contributed by atoms with E-state index in [1.165, 1.54) is 0 Å². The number of piperidine rings is 1. The van der Waals surface area contributed by atoms with Crippen molar-refractivity contribution in [1.29, 1.82) is 0 Å². The van der Waals surface area contributed by atoms with Crippen molar-refractivity contribution in [2.75, 3.05) is 13.1 Å². The summed E-state index contributed by atoms with van der Waals surface area (Å²) in [4.78, 5) is 28.1. The van der Waals surface area contributed by atoms with Crippen molar-refractivity contribution >= 4 is 16.9 Å². The number of aromatic nitrogens is 4. The molecule has 0 radical (unpaired) electrons. The van der Waals surface area contributed by atoms with E-state index < -0.39 is 0 Å². The van der Waals surface area contributed by atoms with Crippen LogP contribution in [0.5, 0.6) is 0 Å². The van der Waals surface area contributed by atoms with Crippen LogP contribution < -0.4 is 0 Å². The fraction of sp³-hybridized carbons (Fsp3) is 0.421. The van der Waals surface area contributed by atoms with Crippen LogP contribution in [0, 0.1) is 6.92 Å². The van der Waals surface area contributed by atoms with E-state index in [4.69, 9.17) is 4.52 Å². The molecule has 26 heavy (non-hydrogen) atoms. The summed E-state index contributed by atoms with van der Waals surface area (Å²) in [5.74, 6) is 1.52. The first-order chi connectivity index (χ1) is 12.7. The lowest BCUT2D eigenvalue weighted by molar-refractivity contribution is 0.0695. The van der Waals surface area contributed by atoms with Crippen LogP contribution in [0.4, 0.5) is 0 Å². The largest absolute Gasteiger partial charge is 0.361 e. The van der Waals surface area contributed by atoms with E-state index >= 15 is 0 Å². The minimum absolute atomic E-state index is 0.0774. The molecule has 1 aliphatic heterocycles. The number of carbonyl (C=O) groups excluding carboxylic acids is 1. The van der Waals surface area contributed by atoms with Crippen LogP contribution in [0.2, 0.25) is 0 Å². The molecule has 4 rings (SSSR count). The topological polar surface area (TPSA) is 85.0 Å². The molecule has 7 heteroatoms. The summed E-state index contributed by atoms with van der Waals surface area (Å²) in [5.41, 5.74) is 2.07. The lowest BCUT2D eigenvalue weighted by Gasteiger charge is -2.32. The maximum absolute atomic E-state index is 12.8. The van der Waals surface area contributed by atoms with E-state index in [9.17, 15) is 4.79 Å². The normalized spacial score (nSPS) is 17.6. The number of hydrogen-bond donors (Lipinski definition) is 0. The number of likely N-dealkylation sites (tertiary alicyclic amines) is 1. The van der Waals surface area contributed by atoms with Crippen molar-refractivity contribution in [3.05, 3.63) is 47.4 Å². The molecule has 1 aliphatic rings. The highest BCUT2D eigenvalue weighted by Crippen LogP contribution is 2.30. The first kappa shape index (κ1) is 16.6. The number of aryl methyl sites for hydroxylation is 2. The molecule has 0 bridgehead atoms. The van der Waals surface area contributed by atoms with Gasteiger partial charge in [-0.25, -0.2) is 15.0 Å². The summed E-state index contributed by atoms with van der Waals surface area (Å²) in [6.45, 7) is 5.20. The van der Waals surface area contributed by atoms with Crippen LogP contribution in [0.25, 0.3) is 11.0 Å². The molecule has 134 valence electrons. The molecule has 1 amide bonds. The van der Waals surface area contributed by atoms with Gasteiger partial charge < -0.3 is 9.42 Å². The average molecular weight is 351 g/mol. The number of carbonyl (C=O) groups is 1. The van der Waals surface area contributed by atoms with Gasteiger partial charge in [-0.3, -0.25) is 4.79 Å². The Balaban J connectivity index is 1.62. The van der Waals surface area contributed by atoms with Gasteiger partial charge in [-0.15, -0.1) is 0 Å². The van der Waals surface area contributed by atoms with Crippen LogP contribution in [0.1, 0.15) is 53.5 Å². The van der Waals surface area contributed by atoms with Gasteiger partial charge in [-0.2, -0.15) is 0 Å². The predicted octanol–water partition coefficient (Wildman–Crippen LogP) is 2.90. The van der Waals surface area contributed by atoms with Gasteiger partial charge in [0.15, 0.2) is 11.3 Å². The molecule has 1 fully saturated rings. The Morgan fingerprint density at radius 2 is 2.27 bits per heavy atom. The van der Waals surface area contributed by atoms with Gasteiger partial charge in [0, 0.05) is 43.1 Å². The maximum atomic E-state index is 12.8. The van der Waals surface area contributed by atoms with E-state index in [-0.39, 0.29) is 11.8 Å². The fourth-order valence-electron chi connectivity index (χ4n) is 3.54. The zero-order valence-electron chi connectivity index (χ0n) is 15.0. The summed E-state index contributed by atoms with van der Waals surface area (Å²) < 4.78 is 5.18. The van der Waals surface area contributed by atoms with E-state index in [1.807, 2.05) is 30.9 Å². The molecule has 1 saturated heterocycles. The van der Waals surface area contributed by atoms with Gasteiger partial charge in [0.1, 0.15) is 11.6 Å². The fourth-order valence-corrected chi connectivity index (χ4v) is 3.54. The van der Waals surface area contributed by atoms with Gasteiger partial charge in [0.05, 0.1) is 5.69 Å². The van der Waals surface area contributed by atoms with Crippen molar-refractivity contribution in [2.45, 2.75) is 39.0 Å². The molecule has 0 N–H and O–H groups in total. The molecule has 4 heterocycles. The molecular formula is C19H21N5O2. The van der Waals surface area contributed by atoms with Crippen LogP contribution in [0.15, 0.2) is 28.9 Å². The third-order valence-electron chi connectivity index (χ3n) is 4.83. The van der Waals surface area contributed by atoms with Crippen molar-refractivity contribution in [2.24, 2.45) is 0 Å². The highest BCUT2D eigenvalue weighted by atomic mass is 16.5. The average Bonchev–Trinajstić information content (AvgIpc) is 3.16. The minimum Gasteiger partial charge on any atom is -0.361 e. The Hall–Kier alpha value is -2.83. The third-order valence-corrected chi connectivity index (χ3v) is 4.83. The molecule has 7 nitrogen and oxygen atoms in total. The second-order valence-electron chi connectivity index (χ2n) is 6.65. The summed E-state index contributed by atoms with van der Waals surface area (Å²) in [7, 11) is 0. The van der Waals surface area contributed by atoms with Gasteiger partial charge in [0.2, 0.25) is 0 Å². The monoisotopic (exact) mass is 351 g/mol. The molecule has 0 aliphatic carbocycles. The van der Waals surface area contributed by atoms with E-state index in [0.717, 1.165) is 42.6 Å². The smallest absolute Gasteiger partial charge is 0.276 e. The summed E-state index contributed by atoms with van der Waals surface area (Å²) in [6, 6.07) is 5.64. The Labute approximate surface area is 151 Å². The van der Waals surface area contributed by atoms with Crippen molar-refractivity contribution in [1.82, 2.24) is 25.0 Å². The first-order valence-electron chi connectivity index (χ1n) is 9.00. The molecule has 3 aromatic rings. The van der Waals surface area contributed by atoms with Crippen LogP contribution >= 0.6 is 0 Å². The maximum Gasteiger partial charge on any atom is 0.276 e. The van der Waals surface area contributed by atoms with Crippen molar-refractivity contribution in [3.63, 3.8) is 0 Å². The first-order valence-corrected chi connectivity index (χ1v) is 9.00. The number of amides is 1. The SMILES string of the molecule is CCc1cc(C(=O)N2CCCC(c3nc(C)nc4ncccc34)C2)no1. The molecular weight excluding hydrogens is 330 g/mol. The van der Waals surface area contributed by atoms with Crippen LogP contribution in [-0.2, 0) is 6.42 Å². The molecule has 1 atom stereocenters.